The quantitative estimate of drug-likeness (QED) is 0.267. The second-order valence-electron chi connectivity index (χ2n) is 5.30. The lowest BCUT2D eigenvalue weighted by Crippen LogP contribution is -2.43. The SMILES string of the molecule is COCCCSCC(=O)Nc1cc(C(=O)NC(CO)C(=O)O)ccc1N. The summed E-state index contributed by atoms with van der Waals surface area (Å²) in [5.74, 6) is -1.32. The summed E-state index contributed by atoms with van der Waals surface area (Å²) < 4.78 is 4.93. The molecule has 10 heteroatoms. The summed E-state index contributed by atoms with van der Waals surface area (Å²) >= 11 is 1.45. The smallest absolute Gasteiger partial charge is 0.328 e. The molecule has 0 fully saturated rings. The number of ether oxygens (including phenoxy) is 1. The molecule has 144 valence electrons. The predicted molar refractivity (Wildman–Crippen MR) is 99.3 cm³/mol. The number of nitrogens with one attached hydrogen (secondary N) is 2. The Hall–Kier alpha value is -2.30. The Morgan fingerprint density at radius 3 is 2.69 bits per heavy atom. The molecular weight excluding hydrogens is 362 g/mol. The summed E-state index contributed by atoms with van der Waals surface area (Å²) in [6.45, 7) is -0.107. The number of aliphatic hydroxyl groups is 1. The van der Waals surface area contributed by atoms with E-state index in [9.17, 15) is 14.4 Å². The van der Waals surface area contributed by atoms with Crippen LogP contribution in [0.1, 0.15) is 16.8 Å². The number of carboxylic acids is 1. The van der Waals surface area contributed by atoms with Crippen LogP contribution in [-0.4, -0.2) is 65.9 Å². The van der Waals surface area contributed by atoms with E-state index in [2.05, 4.69) is 10.6 Å². The van der Waals surface area contributed by atoms with Gasteiger partial charge in [-0.2, -0.15) is 11.8 Å². The lowest BCUT2D eigenvalue weighted by atomic mass is 10.1. The number of nitrogen functional groups attached to an aromatic ring is 1. The van der Waals surface area contributed by atoms with Gasteiger partial charge in [0.05, 0.1) is 23.7 Å². The topological polar surface area (TPSA) is 151 Å². The first kappa shape index (κ1) is 21.7. The number of carbonyl (C=O) groups is 3. The summed E-state index contributed by atoms with van der Waals surface area (Å²) in [4.78, 5) is 34.9. The van der Waals surface area contributed by atoms with Crippen LogP contribution in [0.4, 0.5) is 11.4 Å². The second-order valence-corrected chi connectivity index (χ2v) is 6.40. The van der Waals surface area contributed by atoms with E-state index in [1.165, 1.54) is 30.0 Å². The first-order valence-corrected chi connectivity index (χ1v) is 8.95. The van der Waals surface area contributed by atoms with Gasteiger partial charge in [-0.3, -0.25) is 9.59 Å². The Morgan fingerprint density at radius 1 is 1.35 bits per heavy atom. The van der Waals surface area contributed by atoms with Crippen molar-refractivity contribution in [1.82, 2.24) is 5.32 Å². The minimum Gasteiger partial charge on any atom is -0.480 e. The van der Waals surface area contributed by atoms with Crippen molar-refractivity contribution in [1.29, 1.82) is 0 Å². The molecule has 0 aliphatic rings. The van der Waals surface area contributed by atoms with Gasteiger partial charge >= 0.3 is 5.97 Å². The van der Waals surface area contributed by atoms with Crippen molar-refractivity contribution in [2.45, 2.75) is 12.5 Å². The Labute approximate surface area is 155 Å². The van der Waals surface area contributed by atoms with Crippen molar-refractivity contribution >= 4 is 40.9 Å². The summed E-state index contributed by atoms with van der Waals surface area (Å²) in [5.41, 5.74) is 6.45. The first-order chi connectivity index (χ1) is 12.4. The zero-order valence-electron chi connectivity index (χ0n) is 14.4. The molecule has 6 N–H and O–H groups in total. The van der Waals surface area contributed by atoms with Gasteiger partial charge in [0.2, 0.25) is 5.91 Å². The van der Waals surface area contributed by atoms with Gasteiger partial charge in [-0.1, -0.05) is 0 Å². The van der Waals surface area contributed by atoms with Crippen molar-refractivity contribution in [2.75, 3.05) is 42.9 Å². The minimum atomic E-state index is -1.42. The molecule has 0 saturated carbocycles. The number of rotatable bonds is 11. The Balaban J connectivity index is 2.67. The van der Waals surface area contributed by atoms with Gasteiger partial charge in [0.15, 0.2) is 6.04 Å². The molecule has 1 atom stereocenters. The molecule has 0 spiro atoms. The molecule has 2 amide bonds. The van der Waals surface area contributed by atoms with Crippen LogP contribution >= 0.6 is 11.8 Å². The molecule has 9 nitrogen and oxygen atoms in total. The average molecular weight is 385 g/mol. The Morgan fingerprint density at radius 2 is 2.08 bits per heavy atom. The van der Waals surface area contributed by atoms with Crippen molar-refractivity contribution in [3.8, 4) is 0 Å². The van der Waals surface area contributed by atoms with Crippen LogP contribution in [0, 0.1) is 0 Å². The molecule has 0 aliphatic heterocycles. The largest absolute Gasteiger partial charge is 0.480 e. The van der Waals surface area contributed by atoms with E-state index in [4.69, 9.17) is 20.7 Å². The third-order valence-electron chi connectivity index (χ3n) is 3.25. The zero-order chi connectivity index (χ0) is 19.5. The summed E-state index contributed by atoms with van der Waals surface area (Å²) in [6, 6.07) is 2.77. The number of nitrogens with two attached hydrogens (primary N) is 1. The molecule has 0 saturated heterocycles. The van der Waals surface area contributed by atoms with Gasteiger partial charge in [0.25, 0.3) is 5.91 Å². The third kappa shape index (κ3) is 7.30. The highest BCUT2D eigenvalue weighted by molar-refractivity contribution is 7.99. The number of amides is 2. The van der Waals surface area contributed by atoms with Gasteiger partial charge < -0.3 is 31.3 Å². The molecule has 1 aromatic rings. The molecule has 0 radical (unpaired) electrons. The molecule has 1 rings (SSSR count). The van der Waals surface area contributed by atoms with Gasteiger partial charge in [-0.25, -0.2) is 4.79 Å². The van der Waals surface area contributed by atoms with E-state index < -0.39 is 24.5 Å². The first-order valence-electron chi connectivity index (χ1n) is 7.79. The molecule has 1 unspecified atom stereocenters. The van der Waals surface area contributed by atoms with Crippen molar-refractivity contribution in [3.05, 3.63) is 23.8 Å². The molecule has 0 aromatic heterocycles. The van der Waals surface area contributed by atoms with E-state index in [1.54, 1.807) is 7.11 Å². The number of thioether (sulfide) groups is 1. The van der Waals surface area contributed by atoms with Crippen molar-refractivity contribution < 1.29 is 29.3 Å². The van der Waals surface area contributed by atoms with Gasteiger partial charge in [-0.15, -0.1) is 0 Å². The molecule has 0 bridgehead atoms. The average Bonchev–Trinajstić information content (AvgIpc) is 2.60. The Kier molecular flexibility index (Phi) is 9.48. The maximum Gasteiger partial charge on any atom is 0.328 e. The molecule has 26 heavy (non-hydrogen) atoms. The number of carbonyl (C=O) groups excluding carboxylic acids is 2. The number of benzene rings is 1. The fourth-order valence-corrected chi connectivity index (χ4v) is 2.61. The van der Waals surface area contributed by atoms with Gasteiger partial charge in [0.1, 0.15) is 0 Å². The van der Waals surface area contributed by atoms with Gasteiger partial charge in [0, 0.05) is 19.3 Å². The van der Waals surface area contributed by atoms with E-state index >= 15 is 0 Å². The van der Waals surface area contributed by atoms with E-state index in [0.717, 1.165) is 12.2 Å². The third-order valence-corrected chi connectivity index (χ3v) is 4.29. The maximum absolute atomic E-state index is 12.1. The number of aliphatic hydroxyl groups excluding tert-OH is 1. The predicted octanol–water partition coefficient (Wildman–Crippen LogP) is 0.152. The molecular formula is C16H23N3O6S. The fraction of sp³-hybridized carbons (Fsp3) is 0.438. The van der Waals surface area contributed by atoms with Crippen LogP contribution in [0.5, 0.6) is 0 Å². The van der Waals surface area contributed by atoms with Crippen LogP contribution in [-0.2, 0) is 14.3 Å². The van der Waals surface area contributed by atoms with Crippen LogP contribution in [0.3, 0.4) is 0 Å². The highest BCUT2D eigenvalue weighted by Gasteiger charge is 2.20. The Bertz CT molecular complexity index is 640. The lowest BCUT2D eigenvalue weighted by Gasteiger charge is -2.13. The summed E-state index contributed by atoms with van der Waals surface area (Å²) in [7, 11) is 1.61. The van der Waals surface area contributed by atoms with Crippen molar-refractivity contribution in [3.63, 3.8) is 0 Å². The number of anilines is 2. The lowest BCUT2D eigenvalue weighted by molar-refractivity contribution is -0.140. The van der Waals surface area contributed by atoms with Crippen LogP contribution in [0.15, 0.2) is 18.2 Å². The summed E-state index contributed by atoms with van der Waals surface area (Å²) in [5, 5.41) is 22.6. The molecule has 1 aromatic carbocycles. The van der Waals surface area contributed by atoms with Crippen LogP contribution < -0.4 is 16.4 Å². The van der Waals surface area contributed by atoms with Crippen molar-refractivity contribution in [2.24, 2.45) is 0 Å². The fourth-order valence-electron chi connectivity index (χ4n) is 1.89. The number of hydrogen-bond donors (Lipinski definition) is 5. The standard InChI is InChI=1S/C16H23N3O6S/c1-25-5-2-6-26-9-14(21)18-12-7-10(3-4-11(12)17)15(22)19-13(8-20)16(23)24/h3-4,7,13,20H,2,5-6,8-9,17H2,1H3,(H,18,21)(H,19,22)(H,23,24). The number of aliphatic carboxylic acids is 1. The number of hydrogen-bond acceptors (Lipinski definition) is 7. The normalized spacial score (nSPS) is 11.6. The van der Waals surface area contributed by atoms with E-state index in [0.29, 0.717) is 6.61 Å². The van der Waals surface area contributed by atoms with Gasteiger partial charge in [-0.05, 0) is 30.4 Å². The highest BCUT2D eigenvalue weighted by atomic mass is 32.2. The zero-order valence-corrected chi connectivity index (χ0v) is 15.2. The monoisotopic (exact) mass is 385 g/mol. The molecule has 0 heterocycles. The summed E-state index contributed by atoms with van der Waals surface area (Å²) in [6.07, 6.45) is 0.835. The second kappa shape index (κ2) is 11.3. The minimum absolute atomic E-state index is 0.113. The van der Waals surface area contributed by atoms with Crippen LogP contribution in [0.25, 0.3) is 0 Å². The van der Waals surface area contributed by atoms with E-state index in [-0.39, 0.29) is 28.6 Å². The number of carboxylic acid groups (broad SMARTS) is 1. The maximum atomic E-state index is 12.1. The molecule has 0 aliphatic carbocycles. The number of methoxy groups -OCH3 is 1. The highest BCUT2D eigenvalue weighted by Crippen LogP contribution is 2.20. The van der Waals surface area contributed by atoms with E-state index in [1.807, 2.05) is 0 Å². The van der Waals surface area contributed by atoms with Crippen LogP contribution in [0.2, 0.25) is 0 Å².